The van der Waals surface area contributed by atoms with Crippen LogP contribution in [0.2, 0.25) is 5.02 Å². The van der Waals surface area contributed by atoms with E-state index in [1.165, 1.54) is 30.3 Å². The van der Waals surface area contributed by atoms with Crippen LogP contribution < -0.4 is 9.46 Å². The molecule has 0 atom stereocenters. The Morgan fingerprint density at radius 1 is 1.18 bits per heavy atom. The highest BCUT2D eigenvalue weighted by Gasteiger charge is 2.38. The van der Waals surface area contributed by atoms with Gasteiger partial charge in [-0.15, -0.1) is 0 Å². The third-order valence-electron chi connectivity index (χ3n) is 5.48. The van der Waals surface area contributed by atoms with Crippen molar-refractivity contribution < 1.29 is 49.8 Å². The van der Waals surface area contributed by atoms with E-state index in [1.807, 2.05) is 15.7 Å². The zero-order chi connectivity index (χ0) is 29.8. The third-order valence-corrected chi connectivity index (χ3v) is 6.33. The maximum atomic E-state index is 14.7. The standard InChI is InChI=1S/C23H21ClF2N2O4S.C2HF3O2/c1-33(30,31)27-23(29)19-12-18(14-2-3-14)15(10-21(19)26)13-28-8-6-17(7-9-28)32-22-5-4-16(25)11-20(22)24;3-2(4,5)1(6)7/h4-8,10-12,14H,2-3,9,13H2,1H3,(H,27,29);(H,6,7). The first-order valence-corrected chi connectivity index (χ1v) is 13.7. The first-order valence-electron chi connectivity index (χ1n) is 11.4. The van der Waals surface area contributed by atoms with E-state index in [9.17, 15) is 35.2 Å². The smallest absolute Gasteiger partial charge is 0.475 e. The average molecular weight is 609 g/mol. The highest BCUT2D eigenvalue weighted by Crippen LogP contribution is 2.43. The Labute approximate surface area is 230 Å². The molecule has 4 rings (SSSR count). The number of ether oxygens (including phenoxy) is 1. The van der Waals surface area contributed by atoms with Gasteiger partial charge in [-0.2, -0.15) is 13.2 Å². The van der Waals surface area contributed by atoms with Gasteiger partial charge in [0.15, 0.2) is 0 Å². The van der Waals surface area contributed by atoms with E-state index in [0.29, 0.717) is 24.6 Å². The van der Waals surface area contributed by atoms with E-state index >= 15 is 0 Å². The molecule has 0 unspecified atom stereocenters. The van der Waals surface area contributed by atoms with Crippen LogP contribution >= 0.6 is 11.6 Å². The van der Waals surface area contributed by atoms with Crippen LogP contribution in [0, 0.1) is 11.6 Å². The summed E-state index contributed by atoms with van der Waals surface area (Å²) >= 11 is 6.00. The van der Waals surface area contributed by atoms with Crippen LogP contribution in [0.5, 0.6) is 5.75 Å². The number of amides is 1. The molecule has 8 nitrogen and oxygen atoms in total. The van der Waals surface area contributed by atoms with Crippen molar-refractivity contribution >= 4 is 33.5 Å². The highest BCUT2D eigenvalue weighted by atomic mass is 35.5. The topological polar surface area (TPSA) is 113 Å². The first kappa shape index (κ1) is 30.9. The number of hydrogen-bond donors (Lipinski definition) is 2. The number of aliphatic carboxylic acids is 1. The fourth-order valence-corrected chi connectivity index (χ4v) is 4.20. The molecule has 2 aromatic carbocycles. The number of carbonyl (C=O) groups excluding carboxylic acids is 1. The Kier molecular flexibility index (Phi) is 9.46. The molecule has 0 saturated heterocycles. The maximum absolute atomic E-state index is 14.7. The fraction of sp³-hybridized carbons (Fsp3) is 0.280. The summed E-state index contributed by atoms with van der Waals surface area (Å²) in [4.78, 5) is 23.0. The predicted octanol–water partition coefficient (Wildman–Crippen LogP) is 5.11. The number of nitrogens with zero attached hydrogens (tertiary/aromatic N) is 1. The molecule has 1 saturated carbocycles. The number of nitrogens with one attached hydrogen (secondary N) is 1. The largest absolute Gasteiger partial charge is 0.490 e. The molecular weight excluding hydrogens is 587 g/mol. The van der Waals surface area contributed by atoms with Crippen molar-refractivity contribution in [1.82, 2.24) is 9.62 Å². The Bertz CT molecular complexity index is 1470. The van der Waals surface area contributed by atoms with Gasteiger partial charge in [0.05, 0.1) is 16.8 Å². The summed E-state index contributed by atoms with van der Waals surface area (Å²) in [6.07, 6.45) is 2.96. The molecule has 1 heterocycles. The Morgan fingerprint density at radius 2 is 1.82 bits per heavy atom. The molecule has 1 aliphatic carbocycles. The minimum Gasteiger partial charge on any atom is -0.475 e. The number of carboxylic acid groups (broad SMARTS) is 1. The predicted molar refractivity (Wildman–Crippen MR) is 134 cm³/mol. The number of allylic oxidation sites excluding steroid dienone is 1. The van der Waals surface area contributed by atoms with Crippen molar-refractivity contribution in [3.05, 3.63) is 87.8 Å². The molecule has 1 amide bonds. The van der Waals surface area contributed by atoms with Gasteiger partial charge in [0.1, 0.15) is 23.1 Å². The molecule has 2 N–H and O–H groups in total. The van der Waals surface area contributed by atoms with E-state index in [2.05, 4.69) is 0 Å². The summed E-state index contributed by atoms with van der Waals surface area (Å²) in [5.74, 6) is -3.87. The van der Waals surface area contributed by atoms with Crippen molar-refractivity contribution in [3.8, 4) is 5.75 Å². The van der Waals surface area contributed by atoms with Gasteiger partial charge < -0.3 is 14.7 Å². The van der Waals surface area contributed by atoms with Crippen molar-refractivity contribution in [1.29, 1.82) is 0 Å². The summed E-state index contributed by atoms with van der Waals surface area (Å²) in [6.45, 7) is 0.876. The van der Waals surface area contributed by atoms with Crippen LogP contribution in [0.25, 0.3) is 0 Å². The van der Waals surface area contributed by atoms with Crippen LogP contribution in [0.1, 0.15) is 40.2 Å². The lowest BCUT2D eigenvalue weighted by atomic mass is 9.98. The molecule has 216 valence electrons. The Balaban J connectivity index is 0.000000559. The van der Waals surface area contributed by atoms with E-state index in [4.69, 9.17) is 26.2 Å². The highest BCUT2D eigenvalue weighted by molar-refractivity contribution is 7.89. The molecule has 0 spiro atoms. The van der Waals surface area contributed by atoms with Gasteiger partial charge in [-0.25, -0.2) is 26.7 Å². The van der Waals surface area contributed by atoms with Gasteiger partial charge in [0.25, 0.3) is 5.91 Å². The molecule has 0 radical (unpaired) electrons. The average Bonchev–Trinajstić information content (AvgIpc) is 3.66. The van der Waals surface area contributed by atoms with Gasteiger partial charge in [-0.05, 0) is 72.4 Å². The number of rotatable bonds is 7. The van der Waals surface area contributed by atoms with Gasteiger partial charge in [0.2, 0.25) is 10.0 Å². The Hall–Kier alpha value is -3.65. The van der Waals surface area contributed by atoms with Crippen LogP contribution in [0.3, 0.4) is 0 Å². The lowest BCUT2D eigenvalue weighted by molar-refractivity contribution is -0.192. The van der Waals surface area contributed by atoms with Crippen molar-refractivity contribution in [2.24, 2.45) is 0 Å². The van der Waals surface area contributed by atoms with Crippen molar-refractivity contribution in [2.45, 2.75) is 31.5 Å². The zero-order valence-electron chi connectivity index (χ0n) is 20.6. The van der Waals surface area contributed by atoms with E-state index < -0.39 is 39.7 Å². The third kappa shape index (κ3) is 8.95. The van der Waals surface area contributed by atoms with Gasteiger partial charge >= 0.3 is 12.1 Å². The van der Waals surface area contributed by atoms with Crippen LogP contribution in [-0.2, 0) is 21.4 Å². The molecule has 1 fully saturated rings. The SMILES string of the molecule is CS(=O)(=O)NC(=O)c1cc(C2CC2)c(CN2C=CC(Oc3ccc(F)cc3Cl)=CC2)cc1F.O=C(O)C(F)(F)F. The number of carboxylic acids is 1. The second-order valence-corrected chi connectivity index (χ2v) is 11.0. The lowest BCUT2D eigenvalue weighted by Gasteiger charge is -2.24. The zero-order valence-corrected chi connectivity index (χ0v) is 22.2. The fourth-order valence-electron chi connectivity index (χ4n) is 3.55. The molecule has 2 aliphatic rings. The number of carbonyl (C=O) groups is 2. The Morgan fingerprint density at radius 3 is 2.33 bits per heavy atom. The normalized spacial score (nSPS) is 15.1. The maximum Gasteiger partial charge on any atom is 0.490 e. The molecule has 2 aromatic rings. The van der Waals surface area contributed by atoms with E-state index in [0.717, 1.165) is 30.2 Å². The number of benzene rings is 2. The quantitative estimate of drug-likeness (QED) is 0.420. The second-order valence-electron chi connectivity index (χ2n) is 8.84. The van der Waals surface area contributed by atoms with Crippen LogP contribution in [-0.4, -0.2) is 49.3 Å². The summed E-state index contributed by atoms with van der Waals surface area (Å²) in [5, 5.41) is 7.29. The molecule has 1 aliphatic heterocycles. The number of sulfonamides is 1. The first-order chi connectivity index (χ1) is 18.5. The molecular formula is C25H22ClF5N2O6S. The monoisotopic (exact) mass is 608 g/mol. The molecule has 15 heteroatoms. The number of alkyl halides is 3. The summed E-state index contributed by atoms with van der Waals surface area (Å²) in [5.41, 5.74) is 1.29. The van der Waals surface area contributed by atoms with Gasteiger partial charge in [-0.3, -0.25) is 4.79 Å². The minimum atomic E-state index is -5.08. The van der Waals surface area contributed by atoms with E-state index in [1.54, 1.807) is 12.3 Å². The van der Waals surface area contributed by atoms with Gasteiger partial charge in [0, 0.05) is 19.3 Å². The number of hydrogen-bond acceptors (Lipinski definition) is 6. The summed E-state index contributed by atoms with van der Waals surface area (Å²) in [6, 6.07) is 6.63. The molecule has 0 bridgehead atoms. The van der Waals surface area contributed by atoms with Crippen LogP contribution in [0.15, 0.2) is 54.4 Å². The van der Waals surface area contributed by atoms with Crippen LogP contribution in [0.4, 0.5) is 22.0 Å². The van der Waals surface area contributed by atoms with E-state index in [-0.39, 0.29) is 16.5 Å². The summed E-state index contributed by atoms with van der Waals surface area (Å²) in [7, 11) is -3.80. The van der Waals surface area contributed by atoms with Gasteiger partial charge in [-0.1, -0.05) is 11.6 Å². The number of halogens is 6. The second kappa shape index (κ2) is 12.3. The minimum absolute atomic E-state index is 0.163. The summed E-state index contributed by atoms with van der Waals surface area (Å²) < 4.78 is 89.9. The lowest BCUT2D eigenvalue weighted by Crippen LogP contribution is -2.30. The molecule has 0 aromatic heterocycles. The van der Waals surface area contributed by atoms with Crippen molar-refractivity contribution in [3.63, 3.8) is 0 Å². The van der Waals surface area contributed by atoms with Crippen molar-refractivity contribution in [2.75, 3.05) is 12.8 Å². The molecule has 40 heavy (non-hydrogen) atoms.